The third kappa shape index (κ3) is 1.34. The van der Waals surface area contributed by atoms with Gasteiger partial charge in [0.2, 0.25) is 5.91 Å². The number of hydrogen-bond acceptors (Lipinski definition) is 3. The monoisotopic (exact) mass is 227 g/mol. The Balaban J connectivity index is 1.93. The van der Waals surface area contributed by atoms with Crippen LogP contribution in [0.4, 0.5) is 0 Å². The van der Waals surface area contributed by atoms with Crippen molar-refractivity contribution in [2.45, 2.75) is 31.2 Å². The zero-order valence-electron chi connectivity index (χ0n) is 8.88. The summed E-state index contributed by atoms with van der Waals surface area (Å²) in [7, 11) is 0. The van der Waals surface area contributed by atoms with Gasteiger partial charge in [0, 0.05) is 30.8 Å². The molecule has 1 N–H and O–H groups in total. The Morgan fingerprint density at radius 2 is 2.07 bits per heavy atom. The lowest BCUT2D eigenvalue weighted by atomic mass is 9.66. The molecule has 0 bridgehead atoms. The van der Waals surface area contributed by atoms with Gasteiger partial charge in [-0.2, -0.15) is 11.8 Å². The van der Waals surface area contributed by atoms with Gasteiger partial charge in [-0.25, -0.2) is 0 Å². The third-order valence-corrected chi connectivity index (χ3v) is 5.59. The predicted octanol–water partition coefficient (Wildman–Crippen LogP) is 1.18. The molecule has 3 nitrogen and oxygen atoms in total. The van der Waals surface area contributed by atoms with E-state index in [9.17, 15) is 4.79 Å². The average molecular weight is 227 g/mol. The number of carbonyl (C=O) groups excluding carboxylic acids is 1. The van der Waals surface area contributed by atoms with E-state index in [4.69, 9.17) is 4.74 Å². The van der Waals surface area contributed by atoms with Crippen LogP contribution in [-0.2, 0) is 9.53 Å². The van der Waals surface area contributed by atoms with Crippen LogP contribution in [-0.4, -0.2) is 36.2 Å². The van der Waals surface area contributed by atoms with E-state index >= 15 is 0 Å². The molecule has 15 heavy (non-hydrogen) atoms. The quantitative estimate of drug-likeness (QED) is 0.675. The number of fused-ring (bicyclic) bond motifs is 1. The second-order valence-electron chi connectivity index (χ2n) is 5.00. The van der Waals surface area contributed by atoms with Crippen molar-refractivity contribution in [3.63, 3.8) is 0 Å². The average Bonchev–Trinajstić information content (AvgIpc) is 2.77. The Bertz CT molecular complexity index is 280. The van der Waals surface area contributed by atoms with Crippen LogP contribution in [0.3, 0.4) is 0 Å². The molecule has 3 aliphatic rings. The Morgan fingerprint density at radius 1 is 1.27 bits per heavy atom. The van der Waals surface area contributed by atoms with Crippen LogP contribution in [0.15, 0.2) is 0 Å². The summed E-state index contributed by atoms with van der Waals surface area (Å²) in [5, 5.41) is 3.27. The minimum Gasteiger partial charge on any atom is -0.381 e. The molecule has 3 fully saturated rings. The zero-order chi connectivity index (χ0) is 10.4. The molecule has 0 saturated carbocycles. The summed E-state index contributed by atoms with van der Waals surface area (Å²) >= 11 is 2.01. The molecule has 3 aliphatic heterocycles. The fraction of sp³-hybridized carbons (Fsp3) is 0.909. The molecule has 2 spiro atoms. The summed E-state index contributed by atoms with van der Waals surface area (Å²) in [6, 6.07) is 0. The third-order valence-electron chi connectivity index (χ3n) is 4.34. The van der Waals surface area contributed by atoms with E-state index in [0.29, 0.717) is 0 Å². The van der Waals surface area contributed by atoms with Gasteiger partial charge in [-0.3, -0.25) is 4.79 Å². The molecule has 84 valence electrons. The standard InChI is InChI=1S/C11H17NO2S/c13-9-7-10(3-6-15-8-10)11(12-9)1-4-14-5-2-11/h1-8H2,(H,12,13). The lowest BCUT2D eigenvalue weighted by Crippen LogP contribution is -2.55. The van der Waals surface area contributed by atoms with E-state index in [2.05, 4.69) is 5.32 Å². The van der Waals surface area contributed by atoms with Gasteiger partial charge in [-0.1, -0.05) is 0 Å². The number of hydrogen-bond donors (Lipinski definition) is 1. The van der Waals surface area contributed by atoms with Gasteiger partial charge in [0.1, 0.15) is 0 Å². The number of rotatable bonds is 0. The van der Waals surface area contributed by atoms with Crippen LogP contribution in [0.5, 0.6) is 0 Å². The molecular weight excluding hydrogens is 210 g/mol. The lowest BCUT2D eigenvalue weighted by molar-refractivity contribution is -0.120. The lowest BCUT2D eigenvalue weighted by Gasteiger charge is -2.45. The van der Waals surface area contributed by atoms with Gasteiger partial charge >= 0.3 is 0 Å². The second-order valence-corrected chi connectivity index (χ2v) is 6.11. The van der Waals surface area contributed by atoms with Crippen molar-refractivity contribution in [2.24, 2.45) is 5.41 Å². The molecular formula is C11H17NO2S. The van der Waals surface area contributed by atoms with E-state index < -0.39 is 0 Å². The van der Waals surface area contributed by atoms with Gasteiger partial charge in [-0.05, 0) is 25.0 Å². The first-order valence-corrected chi connectivity index (χ1v) is 6.88. The normalized spacial score (nSPS) is 38.8. The maximum Gasteiger partial charge on any atom is 0.221 e. The first-order valence-electron chi connectivity index (χ1n) is 5.73. The number of amides is 1. The van der Waals surface area contributed by atoms with Crippen LogP contribution >= 0.6 is 11.8 Å². The highest BCUT2D eigenvalue weighted by molar-refractivity contribution is 7.99. The molecule has 1 unspecified atom stereocenters. The summed E-state index contributed by atoms with van der Waals surface area (Å²) in [6.07, 6.45) is 3.98. The van der Waals surface area contributed by atoms with Gasteiger partial charge < -0.3 is 10.1 Å². The smallest absolute Gasteiger partial charge is 0.221 e. The van der Waals surface area contributed by atoms with Crippen molar-refractivity contribution < 1.29 is 9.53 Å². The second kappa shape index (κ2) is 3.39. The van der Waals surface area contributed by atoms with E-state index in [1.165, 1.54) is 12.2 Å². The first-order chi connectivity index (χ1) is 7.27. The van der Waals surface area contributed by atoms with E-state index in [0.717, 1.165) is 38.2 Å². The number of ether oxygens (including phenoxy) is 1. The van der Waals surface area contributed by atoms with E-state index in [1.807, 2.05) is 11.8 Å². The van der Waals surface area contributed by atoms with Gasteiger partial charge in [0.25, 0.3) is 0 Å². The maximum atomic E-state index is 11.7. The van der Waals surface area contributed by atoms with Gasteiger partial charge in [0.15, 0.2) is 0 Å². The predicted molar refractivity (Wildman–Crippen MR) is 59.9 cm³/mol. The fourth-order valence-corrected chi connectivity index (χ4v) is 5.01. The van der Waals surface area contributed by atoms with E-state index in [-0.39, 0.29) is 16.9 Å². The summed E-state index contributed by atoms with van der Waals surface area (Å²) in [5.41, 5.74) is 0.324. The topological polar surface area (TPSA) is 38.3 Å². The van der Waals surface area contributed by atoms with Crippen molar-refractivity contribution >= 4 is 17.7 Å². The molecule has 4 heteroatoms. The van der Waals surface area contributed by atoms with Crippen LogP contribution < -0.4 is 5.32 Å². The van der Waals surface area contributed by atoms with Crippen LogP contribution in [0, 0.1) is 5.41 Å². The molecule has 3 saturated heterocycles. The van der Waals surface area contributed by atoms with Crippen molar-refractivity contribution in [2.75, 3.05) is 24.7 Å². The minimum absolute atomic E-state index is 0.0752. The number of carbonyl (C=O) groups is 1. The first kappa shape index (κ1) is 9.97. The van der Waals surface area contributed by atoms with Crippen molar-refractivity contribution in [1.82, 2.24) is 5.32 Å². The van der Waals surface area contributed by atoms with Gasteiger partial charge in [0.05, 0.1) is 5.54 Å². The highest BCUT2D eigenvalue weighted by Gasteiger charge is 2.59. The Kier molecular flexibility index (Phi) is 2.25. The Labute approximate surface area is 94.3 Å². The number of nitrogens with one attached hydrogen (secondary N) is 1. The summed E-state index contributed by atoms with van der Waals surface area (Å²) in [5.74, 6) is 2.64. The molecule has 0 aromatic rings. The van der Waals surface area contributed by atoms with E-state index in [1.54, 1.807) is 0 Å². The molecule has 0 radical (unpaired) electrons. The van der Waals surface area contributed by atoms with Crippen molar-refractivity contribution in [1.29, 1.82) is 0 Å². The molecule has 0 aromatic carbocycles. The van der Waals surface area contributed by atoms with Crippen molar-refractivity contribution in [3.05, 3.63) is 0 Å². The van der Waals surface area contributed by atoms with Gasteiger partial charge in [-0.15, -0.1) is 0 Å². The minimum atomic E-state index is 0.0752. The SMILES string of the molecule is O=C1CC2(CCSC2)C2(CCOCC2)N1. The fourth-order valence-electron chi connectivity index (χ4n) is 3.42. The molecule has 0 aromatic heterocycles. The van der Waals surface area contributed by atoms with Crippen LogP contribution in [0.2, 0.25) is 0 Å². The Morgan fingerprint density at radius 3 is 2.73 bits per heavy atom. The largest absolute Gasteiger partial charge is 0.381 e. The summed E-state index contributed by atoms with van der Waals surface area (Å²) in [4.78, 5) is 11.7. The summed E-state index contributed by atoms with van der Waals surface area (Å²) in [6.45, 7) is 1.62. The highest BCUT2D eigenvalue weighted by atomic mass is 32.2. The molecule has 3 rings (SSSR count). The number of thioether (sulfide) groups is 1. The zero-order valence-corrected chi connectivity index (χ0v) is 9.70. The maximum absolute atomic E-state index is 11.7. The Hall–Kier alpha value is -0.220. The molecule has 0 aliphatic carbocycles. The van der Waals surface area contributed by atoms with Crippen LogP contribution in [0.25, 0.3) is 0 Å². The highest BCUT2D eigenvalue weighted by Crippen LogP contribution is 2.54. The molecule has 1 atom stereocenters. The van der Waals surface area contributed by atoms with Crippen LogP contribution in [0.1, 0.15) is 25.7 Å². The molecule has 1 amide bonds. The van der Waals surface area contributed by atoms with Crippen molar-refractivity contribution in [3.8, 4) is 0 Å². The molecule has 3 heterocycles. The summed E-state index contributed by atoms with van der Waals surface area (Å²) < 4.78 is 5.44.